The van der Waals surface area contributed by atoms with E-state index in [4.69, 9.17) is 0 Å². The molecular weight excluding hydrogens is 115 g/mol. The monoisotopic (exact) mass is 130 g/mol. The third-order valence-electron chi connectivity index (χ3n) is 2.12. The molecule has 1 fully saturated rings. The Bertz CT molecular complexity index is 65.5. The zero-order chi connectivity index (χ0) is 6.85. The highest BCUT2D eigenvalue weighted by atomic mass is 19.1. The van der Waals surface area contributed by atoms with Crippen molar-refractivity contribution in [1.82, 2.24) is 0 Å². The van der Waals surface area contributed by atoms with Gasteiger partial charge < -0.3 is 0 Å². The predicted molar refractivity (Wildman–Crippen MR) is 37.1 cm³/mol. The van der Waals surface area contributed by atoms with Crippen molar-refractivity contribution in [3.05, 3.63) is 0 Å². The van der Waals surface area contributed by atoms with Crippen molar-refractivity contribution in [2.45, 2.75) is 39.3 Å². The molecule has 2 atom stereocenters. The molecule has 0 radical (unpaired) electrons. The highest BCUT2D eigenvalue weighted by Gasteiger charge is 2.22. The van der Waals surface area contributed by atoms with Crippen LogP contribution in [0.15, 0.2) is 0 Å². The van der Waals surface area contributed by atoms with Crippen molar-refractivity contribution in [3.8, 4) is 0 Å². The van der Waals surface area contributed by atoms with Crippen LogP contribution in [0, 0.1) is 11.8 Å². The summed E-state index contributed by atoms with van der Waals surface area (Å²) in [5, 5.41) is 0. The van der Waals surface area contributed by atoms with Gasteiger partial charge in [-0.1, -0.05) is 13.8 Å². The molecular formula is C8H15F. The van der Waals surface area contributed by atoms with Crippen molar-refractivity contribution < 1.29 is 4.39 Å². The molecule has 0 bridgehead atoms. The van der Waals surface area contributed by atoms with Gasteiger partial charge in [-0.25, -0.2) is 4.39 Å². The van der Waals surface area contributed by atoms with Gasteiger partial charge in [0.1, 0.15) is 6.17 Å². The van der Waals surface area contributed by atoms with E-state index in [0.29, 0.717) is 11.8 Å². The van der Waals surface area contributed by atoms with Crippen LogP contribution in [0.2, 0.25) is 0 Å². The van der Waals surface area contributed by atoms with Gasteiger partial charge in [0.15, 0.2) is 0 Å². The predicted octanol–water partition coefficient (Wildman–Crippen LogP) is 2.78. The van der Waals surface area contributed by atoms with Crippen LogP contribution in [-0.4, -0.2) is 6.17 Å². The Hall–Kier alpha value is -0.0700. The van der Waals surface area contributed by atoms with Gasteiger partial charge in [0.25, 0.3) is 0 Å². The summed E-state index contributed by atoms with van der Waals surface area (Å²) < 4.78 is 12.7. The molecule has 1 saturated carbocycles. The first kappa shape index (κ1) is 7.04. The Balaban J connectivity index is 2.34. The van der Waals surface area contributed by atoms with Gasteiger partial charge in [0.05, 0.1) is 0 Å². The summed E-state index contributed by atoms with van der Waals surface area (Å²) in [7, 11) is 0. The Morgan fingerprint density at radius 2 is 1.44 bits per heavy atom. The van der Waals surface area contributed by atoms with E-state index < -0.39 is 6.17 Å². The molecule has 0 nitrogen and oxygen atoms in total. The second-order valence-electron chi connectivity index (χ2n) is 3.51. The molecule has 2 unspecified atom stereocenters. The SMILES string of the molecule is CC1CC(C)CC(F)C1. The average molecular weight is 130 g/mol. The van der Waals surface area contributed by atoms with Crippen LogP contribution >= 0.6 is 0 Å². The van der Waals surface area contributed by atoms with E-state index in [1.54, 1.807) is 0 Å². The van der Waals surface area contributed by atoms with Crippen LogP contribution in [0.4, 0.5) is 4.39 Å². The molecule has 0 aromatic carbocycles. The fraction of sp³-hybridized carbons (Fsp3) is 1.00. The average Bonchev–Trinajstić information content (AvgIpc) is 1.59. The number of alkyl halides is 1. The van der Waals surface area contributed by atoms with Crippen LogP contribution in [-0.2, 0) is 0 Å². The fourth-order valence-electron chi connectivity index (χ4n) is 1.85. The van der Waals surface area contributed by atoms with Gasteiger partial charge in [0.2, 0.25) is 0 Å². The Kier molecular flexibility index (Phi) is 2.09. The van der Waals surface area contributed by atoms with Crippen LogP contribution in [0.1, 0.15) is 33.1 Å². The molecule has 0 heterocycles. The van der Waals surface area contributed by atoms with Gasteiger partial charge in [-0.15, -0.1) is 0 Å². The summed E-state index contributed by atoms with van der Waals surface area (Å²) in [4.78, 5) is 0. The van der Waals surface area contributed by atoms with Crippen LogP contribution in [0.25, 0.3) is 0 Å². The molecule has 1 aliphatic carbocycles. The van der Waals surface area contributed by atoms with E-state index >= 15 is 0 Å². The van der Waals surface area contributed by atoms with Crippen LogP contribution < -0.4 is 0 Å². The summed E-state index contributed by atoms with van der Waals surface area (Å²) in [6.07, 6.45) is 2.30. The molecule has 0 aromatic heterocycles. The van der Waals surface area contributed by atoms with Crippen molar-refractivity contribution in [3.63, 3.8) is 0 Å². The Labute approximate surface area is 56.5 Å². The van der Waals surface area contributed by atoms with Crippen molar-refractivity contribution in [2.75, 3.05) is 0 Å². The molecule has 0 aliphatic heterocycles. The second-order valence-corrected chi connectivity index (χ2v) is 3.51. The Morgan fingerprint density at radius 3 is 1.78 bits per heavy atom. The maximum Gasteiger partial charge on any atom is 0.101 e. The van der Waals surface area contributed by atoms with Gasteiger partial charge >= 0.3 is 0 Å². The number of halogens is 1. The molecule has 0 N–H and O–H groups in total. The first-order valence-electron chi connectivity index (χ1n) is 3.82. The molecule has 1 aliphatic rings. The molecule has 0 aromatic rings. The molecule has 0 spiro atoms. The van der Waals surface area contributed by atoms with Crippen molar-refractivity contribution in [1.29, 1.82) is 0 Å². The zero-order valence-corrected chi connectivity index (χ0v) is 6.23. The number of rotatable bonds is 0. The first-order valence-corrected chi connectivity index (χ1v) is 3.82. The largest absolute Gasteiger partial charge is 0.247 e. The Morgan fingerprint density at radius 1 is 1.00 bits per heavy atom. The minimum Gasteiger partial charge on any atom is -0.247 e. The van der Waals surface area contributed by atoms with Gasteiger partial charge in [-0.05, 0) is 31.1 Å². The highest BCUT2D eigenvalue weighted by molar-refractivity contribution is 4.73. The zero-order valence-electron chi connectivity index (χ0n) is 6.23. The lowest BCUT2D eigenvalue weighted by Crippen LogP contribution is -2.19. The minimum absolute atomic E-state index is 0.510. The molecule has 9 heavy (non-hydrogen) atoms. The standard InChI is InChI=1S/C8H15F/c1-6-3-7(2)5-8(9)4-6/h6-8H,3-5H2,1-2H3. The minimum atomic E-state index is -0.510. The van der Waals surface area contributed by atoms with Crippen molar-refractivity contribution in [2.24, 2.45) is 11.8 Å². The van der Waals surface area contributed by atoms with Gasteiger partial charge in [0, 0.05) is 0 Å². The molecule has 1 rings (SSSR count). The maximum atomic E-state index is 12.7. The third-order valence-corrected chi connectivity index (χ3v) is 2.12. The number of hydrogen-bond acceptors (Lipinski definition) is 0. The summed E-state index contributed by atoms with van der Waals surface area (Å²) in [5.74, 6) is 1.23. The topological polar surface area (TPSA) is 0 Å². The summed E-state index contributed by atoms with van der Waals surface area (Å²) in [5.41, 5.74) is 0. The van der Waals surface area contributed by atoms with Crippen LogP contribution in [0.5, 0.6) is 0 Å². The molecule has 54 valence electrons. The summed E-state index contributed by atoms with van der Waals surface area (Å²) in [6.45, 7) is 4.28. The van der Waals surface area contributed by atoms with E-state index in [2.05, 4.69) is 13.8 Å². The van der Waals surface area contributed by atoms with E-state index in [9.17, 15) is 4.39 Å². The van der Waals surface area contributed by atoms with E-state index in [0.717, 1.165) is 12.8 Å². The fourth-order valence-corrected chi connectivity index (χ4v) is 1.85. The highest BCUT2D eigenvalue weighted by Crippen LogP contribution is 2.29. The van der Waals surface area contributed by atoms with Crippen molar-refractivity contribution >= 4 is 0 Å². The quantitative estimate of drug-likeness (QED) is 0.473. The molecule has 1 heteroatoms. The number of hydrogen-bond donors (Lipinski definition) is 0. The third kappa shape index (κ3) is 1.96. The molecule has 0 saturated heterocycles. The van der Waals surface area contributed by atoms with Gasteiger partial charge in [-0.2, -0.15) is 0 Å². The van der Waals surface area contributed by atoms with E-state index in [-0.39, 0.29) is 0 Å². The smallest absolute Gasteiger partial charge is 0.101 e. The summed E-state index contributed by atoms with van der Waals surface area (Å²) in [6, 6.07) is 0. The van der Waals surface area contributed by atoms with E-state index in [1.807, 2.05) is 0 Å². The van der Waals surface area contributed by atoms with Crippen LogP contribution in [0.3, 0.4) is 0 Å². The van der Waals surface area contributed by atoms with Gasteiger partial charge in [-0.3, -0.25) is 0 Å². The van der Waals surface area contributed by atoms with E-state index in [1.165, 1.54) is 6.42 Å². The molecule has 0 amide bonds. The lowest BCUT2D eigenvalue weighted by Gasteiger charge is -2.26. The maximum absolute atomic E-state index is 12.7. The summed E-state index contributed by atoms with van der Waals surface area (Å²) >= 11 is 0. The first-order chi connectivity index (χ1) is 4.18. The normalized spacial score (nSPS) is 45.0. The lowest BCUT2D eigenvalue weighted by atomic mass is 9.82. The second kappa shape index (κ2) is 2.68. The lowest BCUT2D eigenvalue weighted by molar-refractivity contribution is 0.165.